The number of carbonyl (C=O) groups is 3. The van der Waals surface area contributed by atoms with E-state index in [4.69, 9.17) is 5.73 Å². The van der Waals surface area contributed by atoms with E-state index in [0.29, 0.717) is 25.1 Å². The van der Waals surface area contributed by atoms with E-state index in [1.807, 2.05) is 18.2 Å². The van der Waals surface area contributed by atoms with Gasteiger partial charge in [-0.25, -0.2) is 0 Å². The smallest absolute Gasteiger partial charge is 0.255 e. The summed E-state index contributed by atoms with van der Waals surface area (Å²) in [5.41, 5.74) is 12.4. The maximum absolute atomic E-state index is 13.0. The van der Waals surface area contributed by atoms with E-state index in [1.54, 1.807) is 4.90 Å². The quantitative estimate of drug-likeness (QED) is 0.658. The van der Waals surface area contributed by atoms with Gasteiger partial charge in [-0.15, -0.1) is 0 Å². The average molecular weight is 418 g/mol. The summed E-state index contributed by atoms with van der Waals surface area (Å²) in [6, 6.07) is 12.0. The van der Waals surface area contributed by atoms with E-state index in [9.17, 15) is 14.4 Å². The highest BCUT2D eigenvalue weighted by Gasteiger charge is 2.39. The Kier molecular flexibility index (Phi) is 4.98. The Hall–Kier alpha value is -3.19. The highest BCUT2D eigenvalue weighted by molar-refractivity contribution is 6.05. The van der Waals surface area contributed by atoms with Crippen LogP contribution < -0.4 is 16.4 Å². The molecule has 7 nitrogen and oxygen atoms in total. The lowest BCUT2D eigenvalue weighted by molar-refractivity contribution is -0.136. The topological polar surface area (TPSA) is 105 Å². The molecule has 2 aromatic carbocycles. The number of fused-ring (bicyclic) bond motifs is 2. The zero-order valence-electron chi connectivity index (χ0n) is 17.3. The Bertz CT molecular complexity index is 1080. The molecule has 7 heteroatoms. The van der Waals surface area contributed by atoms with Crippen LogP contribution in [0.2, 0.25) is 0 Å². The van der Waals surface area contributed by atoms with Crippen LogP contribution >= 0.6 is 0 Å². The van der Waals surface area contributed by atoms with Crippen LogP contribution in [0.15, 0.2) is 36.4 Å². The van der Waals surface area contributed by atoms with E-state index < -0.39 is 6.04 Å². The maximum Gasteiger partial charge on any atom is 0.255 e. The first-order chi connectivity index (χ1) is 15.0. The van der Waals surface area contributed by atoms with Gasteiger partial charge in [0, 0.05) is 36.8 Å². The lowest BCUT2D eigenvalue weighted by Crippen LogP contribution is -2.52. The molecule has 2 aromatic rings. The van der Waals surface area contributed by atoms with Gasteiger partial charge in [0.15, 0.2) is 0 Å². The number of anilines is 1. The Labute approximate surface area is 181 Å². The minimum absolute atomic E-state index is 0.142. The van der Waals surface area contributed by atoms with Crippen molar-refractivity contribution in [3.63, 3.8) is 0 Å². The SMILES string of the molecule is NC1CCc2cc(NCc3ccc4c(c3)C(=O)N(C3CCC(=O)NC3=O)C4)ccc2C1. The highest BCUT2D eigenvalue weighted by atomic mass is 16.2. The van der Waals surface area contributed by atoms with Crippen molar-refractivity contribution >= 4 is 23.4 Å². The molecule has 1 aliphatic carbocycles. The van der Waals surface area contributed by atoms with Crippen LogP contribution in [0, 0.1) is 0 Å². The van der Waals surface area contributed by atoms with Crippen molar-refractivity contribution in [2.75, 3.05) is 5.32 Å². The molecule has 5 rings (SSSR count). The molecule has 1 saturated heterocycles. The van der Waals surface area contributed by atoms with Gasteiger partial charge in [-0.05, 0) is 66.1 Å². The summed E-state index contributed by atoms with van der Waals surface area (Å²) >= 11 is 0. The lowest BCUT2D eigenvalue weighted by Gasteiger charge is -2.29. The fourth-order valence-electron chi connectivity index (χ4n) is 4.81. The standard InChI is InChI=1S/C24H26N4O3/c25-18-5-3-16-11-19(6-4-15(16)10-18)26-12-14-1-2-17-13-28(24(31)20(17)9-14)21-7-8-22(29)27-23(21)30/h1-2,4,6,9,11,18,21,26H,3,5,7-8,10,12-13,25H2,(H,27,29,30). The van der Waals surface area contributed by atoms with Crippen molar-refractivity contribution in [3.8, 4) is 0 Å². The van der Waals surface area contributed by atoms with Crippen molar-refractivity contribution in [1.29, 1.82) is 0 Å². The zero-order valence-corrected chi connectivity index (χ0v) is 17.3. The van der Waals surface area contributed by atoms with E-state index >= 15 is 0 Å². The molecule has 0 aromatic heterocycles. The molecular weight excluding hydrogens is 392 g/mol. The number of hydrogen-bond acceptors (Lipinski definition) is 5. The van der Waals surface area contributed by atoms with E-state index in [2.05, 4.69) is 28.8 Å². The molecule has 4 N–H and O–H groups in total. The number of piperidine rings is 1. The third-order valence-electron chi connectivity index (χ3n) is 6.56. The molecule has 2 heterocycles. The van der Waals surface area contributed by atoms with Crippen LogP contribution in [-0.4, -0.2) is 34.7 Å². The number of nitrogens with zero attached hydrogens (tertiary/aromatic N) is 1. The first-order valence-corrected chi connectivity index (χ1v) is 10.9. The predicted molar refractivity (Wildman–Crippen MR) is 116 cm³/mol. The second-order valence-corrected chi connectivity index (χ2v) is 8.73. The second kappa shape index (κ2) is 7.81. The van der Waals surface area contributed by atoms with Crippen LogP contribution in [0.25, 0.3) is 0 Å². The molecule has 0 bridgehead atoms. The summed E-state index contributed by atoms with van der Waals surface area (Å²) in [6.45, 7) is 1.01. The summed E-state index contributed by atoms with van der Waals surface area (Å²) < 4.78 is 0. The Morgan fingerprint density at radius 1 is 1.00 bits per heavy atom. The number of imide groups is 1. The lowest BCUT2D eigenvalue weighted by atomic mass is 9.88. The number of amides is 3. The predicted octanol–water partition coefficient (Wildman–Crippen LogP) is 1.88. The van der Waals surface area contributed by atoms with Gasteiger partial charge >= 0.3 is 0 Å². The van der Waals surface area contributed by atoms with Gasteiger partial charge < -0.3 is 16.0 Å². The normalized spacial score (nSPS) is 22.7. The molecule has 160 valence electrons. The largest absolute Gasteiger partial charge is 0.381 e. The van der Waals surface area contributed by atoms with Gasteiger partial charge in [0.05, 0.1) is 0 Å². The number of benzene rings is 2. The number of hydrogen-bond donors (Lipinski definition) is 3. The van der Waals surface area contributed by atoms with Gasteiger partial charge in [-0.3, -0.25) is 19.7 Å². The van der Waals surface area contributed by atoms with Crippen LogP contribution in [0.3, 0.4) is 0 Å². The van der Waals surface area contributed by atoms with Crippen LogP contribution in [-0.2, 0) is 35.5 Å². The average Bonchev–Trinajstić information content (AvgIpc) is 3.08. The Balaban J connectivity index is 1.27. The molecule has 3 amide bonds. The first-order valence-electron chi connectivity index (χ1n) is 10.9. The van der Waals surface area contributed by atoms with Crippen molar-refractivity contribution in [2.24, 2.45) is 5.73 Å². The summed E-state index contributed by atoms with van der Waals surface area (Å²) in [7, 11) is 0. The third-order valence-corrected chi connectivity index (χ3v) is 6.56. The fraction of sp³-hybridized carbons (Fsp3) is 0.375. The Morgan fingerprint density at radius 2 is 1.84 bits per heavy atom. The minimum Gasteiger partial charge on any atom is -0.381 e. The van der Waals surface area contributed by atoms with E-state index in [-0.39, 0.29) is 30.2 Å². The first kappa shape index (κ1) is 19.8. The number of nitrogens with two attached hydrogens (primary N) is 1. The molecule has 0 spiro atoms. The van der Waals surface area contributed by atoms with Gasteiger partial charge in [0.1, 0.15) is 6.04 Å². The molecule has 3 aliphatic rings. The molecule has 1 fully saturated rings. The monoisotopic (exact) mass is 418 g/mol. The molecule has 2 atom stereocenters. The van der Waals surface area contributed by atoms with E-state index in [0.717, 1.165) is 36.1 Å². The van der Waals surface area contributed by atoms with E-state index in [1.165, 1.54) is 11.1 Å². The highest BCUT2D eigenvalue weighted by Crippen LogP contribution is 2.29. The molecule has 31 heavy (non-hydrogen) atoms. The minimum atomic E-state index is -0.581. The number of aryl methyl sites for hydroxylation is 1. The number of carbonyl (C=O) groups excluding carboxylic acids is 3. The van der Waals surface area contributed by atoms with Crippen molar-refractivity contribution in [1.82, 2.24) is 10.2 Å². The zero-order chi connectivity index (χ0) is 21.5. The summed E-state index contributed by atoms with van der Waals surface area (Å²) in [6.07, 6.45) is 3.61. The summed E-state index contributed by atoms with van der Waals surface area (Å²) in [5, 5.41) is 5.80. The molecule has 0 saturated carbocycles. The molecule has 2 aliphatic heterocycles. The summed E-state index contributed by atoms with van der Waals surface area (Å²) in [4.78, 5) is 38.2. The third kappa shape index (κ3) is 3.81. The Morgan fingerprint density at radius 3 is 2.68 bits per heavy atom. The van der Waals surface area contributed by atoms with Crippen molar-refractivity contribution < 1.29 is 14.4 Å². The van der Waals surface area contributed by atoms with Crippen molar-refractivity contribution in [2.45, 2.75) is 57.3 Å². The number of nitrogens with one attached hydrogen (secondary N) is 2. The van der Waals surface area contributed by atoms with Crippen LogP contribution in [0.5, 0.6) is 0 Å². The van der Waals surface area contributed by atoms with Gasteiger partial charge in [-0.2, -0.15) is 0 Å². The van der Waals surface area contributed by atoms with Crippen LogP contribution in [0.1, 0.15) is 51.9 Å². The molecular formula is C24H26N4O3. The van der Waals surface area contributed by atoms with Crippen molar-refractivity contribution in [3.05, 3.63) is 64.2 Å². The molecule has 2 unspecified atom stereocenters. The number of rotatable bonds is 4. The maximum atomic E-state index is 13.0. The summed E-state index contributed by atoms with van der Waals surface area (Å²) in [5.74, 6) is -0.798. The van der Waals surface area contributed by atoms with Gasteiger partial charge in [0.25, 0.3) is 5.91 Å². The van der Waals surface area contributed by atoms with Gasteiger partial charge in [0.2, 0.25) is 11.8 Å². The second-order valence-electron chi connectivity index (χ2n) is 8.73. The van der Waals surface area contributed by atoms with Gasteiger partial charge in [-0.1, -0.05) is 18.2 Å². The van der Waals surface area contributed by atoms with Crippen LogP contribution in [0.4, 0.5) is 5.69 Å². The fourth-order valence-corrected chi connectivity index (χ4v) is 4.81. The molecule has 0 radical (unpaired) electrons.